The quantitative estimate of drug-likeness (QED) is 0.264. The SMILES string of the molecule is CC[C@H]1OC(=O)[C@H](C)[C@@H](O[C@@H]2C[C@@](C)(OC)[C@@H](O)[C@H](C)O2)C[C@@H](O[C@H]2C[C@H](N(C)C)C[C@@H](C)O2)CCCCN(C(=O)NS(=O)(=O)c2ccc(F)cc2)C[C@@H](O)[C@]1(C)O. The molecule has 0 aromatic heterocycles. The van der Waals surface area contributed by atoms with Gasteiger partial charge in [-0.15, -0.1) is 0 Å². The van der Waals surface area contributed by atoms with Crippen LogP contribution in [0.2, 0.25) is 0 Å². The fourth-order valence-corrected chi connectivity index (χ4v) is 8.86. The van der Waals surface area contributed by atoms with E-state index in [9.17, 15) is 37.7 Å². The zero-order chi connectivity index (χ0) is 43.2. The molecule has 0 unspecified atom stereocenters. The van der Waals surface area contributed by atoms with E-state index >= 15 is 0 Å². The van der Waals surface area contributed by atoms with Crippen LogP contribution in [0.5, 0.6) is 0 Å². The number of nitrogens with zero attached hydrogens (tertiary/aromatic N) is 2. The van der Waals surface area contributed by atoms with Crippen LogP contribution in [0.3, 0.4) is 0 Å². The zero-order valence-corrected chi connectivity index (χ0v) is 36.2. The van der Waals surface area contributed by atoms with E-state index in [-0.39, 0.29) is 42.8 Å². The molecule has 16 nitrogen and oxygen atoms in total. The molecule has 4 N–H and O–H groups in total. The van der Waals surface area contributed by atoms with Crippen molar-refractivity contribution in [1.29, 1.82) is 0 Å². The molecule has 332 valence electrons. The van der Waals surface area contributed by atoms with Crippen LogP contribution in [0, 0.1) is 11.7 Å². The number of urea groups is 1. The van der Waals surface area contributed by atoms with Gasteiger partial charge in [-0.25, -0.2) is 22.3 Å². The number of hydrogen-bond donors (Lipinski definition) is 4. The number of nitrogens with one attached hydrogen (secondary N) is 1. The Morgan fingerprint density at radius 1 is 1.03 bits per heavy atom. The maximum Gasteiger partial charge on any atom is 0.331 e. The summed E-state index contributed by atoms with van der Waals surface area (Å²) in [5, 5.41) is 34.0. The molecule has 0 saturated carbocycles. The topological polar surface area (TPSA) is 203 Å². The number of benzene rings is 1. The molecular weight excluding hydrogens is 782 g/mol. The van der Waals surface area contributed by atoms with Crippen molar-refractivity contribution in [2.45, 2.75) is 170 Å². The lowest BCUT2D eigenvalue weighted by Gasteiger charge is -2.45. The zero-order valence-electron chi connectivity index (χ0n) is 35.3. The summed E-state index contributed by atoms with van der Waals surface area (Å²) in [6.45, 7) is 9.49. The van der Waals surface area contributed by atoms with Crippen molar-refractivity contribution < 1.29 is 66.1 Å². The van der Waals surface area contributed by atoms with Crippen molar-refractivity contribution in [3.05, 3.63) is 30.1 Å². The minimum Gasteiger partial charge on any atom is -0.459 e. The third-order valence-corrected chi connectivity index (χ3v) is 13.3. The average Bonchev–Trinajstić information content (AvgIpc) is 3.15. The third kappa shape index (κ3) is 12.3. The molecule has 13 atom stereocenters. The number of esters is 1. The number of ether oxygens (including phenoxy) is 6. The standard InChI is InChI=1S/C40H66FN3O13S/c1-10-33-40(6,49)32(45)23-44(38(48)42-58(50,51)30-16-14-27(41)15-17-30)18-12-11-13-29(55-34-20-28(43(7)8)19-24(2)53-34)21-31(25(3)37(47)57-33)56-35-22-39(5,52-9)36(46)26(4)54-35/h14-17,24-26,28-29,31-36,45-46,49H,10-13,18-23H2,1-9H3,(H,42,48)/t24-,25-,26+,28-,29+,31+,32-,33-,34+,35-,36+,39-,40+/m1/s1. The molecule has 0 radical (unpaired) electrons. The van der Waals surface area contributed by atoms with Crippen LogP contribution in [0.25, 0.3) is 0 Å². The number of amides is 2. The molecule has 4 rings (SSSR count). The van der Waals surface area contributed by atoms with Gasteiger partial charge in [0.05, 0.1) is 47.4 Å². The third-order valence-electron chi connectivity index (χ3n) is 11.9. The molecule has 58 heavy (non-hydrogen) atoms. The summed E-state index contributed by atoms with van der Waals surface area (Å²) in [5.74, 6) is -2.33. The van der Waals surface area contributed by atoms with Crippen molar-refractivity contribution in [2.75, 3.05) is 34.3 Å². The van der Waals surface area contributed by atoms with Gasteiger partial charge in [0.15, 0.2) is 12.6 Å². The number of carbonyl (C=O) groups excluding carboxylic acids is 2. The number of cyclic esters (lactones) is 1. The highest BCUT2D eigenvalue weighted by molar-refractivity contribution is 7.90. The smallest absolute Gasteiger partial charge is 0.331 e. The van der Waals surface area contributed by atoms with Crippen molar-refractivity contribution in [3.8, 4) is 0 Å². The van der Waals surface area contributed by atoms with Crippen LogP contribution >= 0.6 is 0 Å². The van der Waals surface area contributed by atoms with Crippen molar-refractivity contribution in [3.63, 3.8) is 0 Å². The van der Waals surface area contributed by atoms with Gasteiger partial charge in [-0.3, -0.25) is 4.79 Å². The van der Waals surface area contributed by atoms with Gasteiger partial charge in [-0.2, -0.15) is 0 Å². The van der Waals surface area contributed by atoms with Gasteiger partial charge in [0.1, 0.15) is 29.7 Å². The fraction of sp³-hybridized carbons (Fsp3) is 0.800. The van der Waals surface area contributed by atoms with Crippen LogP contribution in [0.4, 0.5) is 9.18 Å². The van der Waals surface area contributed by atoms with Crippen molar-refractivity contribution in [1.82, 2.24) is 14.5 Å². The molecule has 3 aliphatic rings. The predicted octanol–water partition coefficient (Wildman–Crippen LogP) is 3.30. The highest BCUT2D eigenvalue weighted by Gasteiger charge is 2.48. The predicted molar refractivity (Wildman–Crippen MR) is 209 cm³/mol. The summed E-state index contributed by atoms with van der Waals surface area (Å²) < 4.78 is 79.1. The monoisotopic (exact) mass is 847 g/mol. The van der Waals surface area contributed by atoms with Crippen LogP contribution < -0.4 is 4.72 Å². The molecular formula is C40H66FN3O13S. The van der Waals surface area contributed by atoms with E-state index in [1.165, 1.54) is 14.0 Å². The number of hydrogen-bond acceptors (Lipinski definition) is 14. The van der Waals surface area contributed by atoms with Gasteiger partial charge in [-0.05, 0) is 105 Å². The summed E-state index contributed by atoms with van der Waals surface area (Å²) in [6, 6.07) is 3.07. The van der Waals surface area contributed by atoms with Crippen LogP contribution in [0.15, 0.2) is 29.2 Å². The Hall–Kier alpha value is -2.52. The summed E-state index contributed by atoms with van der Waals surface area (Å²) in [4.78, 5) is 30.6. The molecule has 1 aromatic carbocycles. The highest BCUT2D eigenvalue weighted by atomic mass is 32.2. The molecule has 3 aliphatic heterocycles. The second-order valence-corrected chi connectivity index (χ2v) is 18.4. The highest BCUT2D eigenvalue weighted by Crippen LogP contribution is 2.36. The molecule has 0 spiro atoms. The van der Waals surface area contributed by atoms with Gasteiger partial charge in [-0.1, -0.05) is 6.92 Å². The Labute approximate surface area is 342 Å². The molecule has 0 bridgehead atoms. The Morgan fingerprint density at radius 2 is 1.71 bits per heavy atom. The van der Waals surface area contributed by atoms with E-state index in [4.69, 9.17) is 28.4 Å². The van der Waals surface area contributed by atoms with E-state index in [0.29, 0.717) is 25.7 Å². The molecule has 3 fully saturated rings. The van der Waals surface area contributed by atoms with Gasteiger partial charge >= 0.3 is 12.0 Å². The first-order valence-electron chi connectivity index (χ1n) is 20.3. The van der Waals surface area contributed by atoms with Crippen LogP contribution in [-0.2, 0) is 43.2 Å². The number of methoxy groups -OCH3 is 1. The van der Waals surface area contributed by atoms with Crippen LogP contribution in [0.1, 0.15) is 92.9 Å². The molecule has 18 heteroatoms. The van der Waals surface area contributed by atoms with Crippen molar-refractivity contribution >= 4 is 22.0 Å². The second-order valence-electron chi connectivity index (χ2n) is 16.7. The first kappa shape index (κ1) is 48.1. The lowest BCUT2D eigenvalue weighted by molar-refractivity contribution is -0.295. The van der Waals surface area contributed by atoms with E-state index in [1.807, 2.05) is 25.7 Å². The van der Waals surface area contributed by atoms with E-state index in [2.05, 4.69) is 4.90 Å². The summed E-state index contributed by atoms with van der Waals surface area (Å²) in [7, 11) is 1.06. The Bertz CT molecular complexity index is 1600. The number of rotatable bonds is 9. The number of halogens is 1. The number of β-amino-alcohol motifs (C(OH)–C–C–N with tert-alkyl or cyclic N) is 1. The Balaban J connectivity index is 1.67. The summed E-state index contributed by atoms with van der Waals surface area (Å²) in [5.41, 5.74) is -3.11. The molecule has 2 amide bonds. The Kier molecular flexibility index (Phi) is 16.9. The molecule has 3 heterocycles. The fourth-order valence-electron chi connectivity index (χ4n) is 7.89. The van der Waals surface area contributed by atoms with Gasteiger partial charge in [0.25, 0.3) is 10.0 Å². The van der Waals surface area contributed by atoms with E-state index in [0.717, 1.165) is 35.6 Å². The molecule has 0 aliphatic carbocycles. The van der Waals surface area contributed by atoms with Crippen LogP contribution in [-0.4, -0.2) is 152 Å². The maximum absolute atomic E-state index is 14.1. The number of sulfonamides is 1. The number of carbonyl (C=O) groups is 2. The van der Waals surface area contributed by atoms with E-state index in [1.54, 1.807) is 27.7 Å². The normalized spacial score (nSPS) is 37.7. The van der Waals surface area contributed by atoms with E-state index < -0.39 is 101 Å². The number of aliphatic hydroxyl groups is 3. The lowest BCUT2D eigenvalue weighted by Crippen LogP contribution is -2.58. The average molecular weight is 848 g/mol. The Morgan fingerprint density at radius 3 is 2.33 bits per heavy atom. The largest absolute Gasteiger partial charge is 0.459 e. The molecule has 1 aromatic rings. The second kappa shape index (κ2) is 20.4. The minimum atomic E-state index is -4.45. The number of aliphatic hydroxyl groups excluding tert-OH is 2. The molecule has 3 saturated heterocycles. The maximum atomic E-state index is 14.1. The first-order chi connectivity index (χ1) is 27.1. The summed E-state index contributed by atoms with van der Waals surface area (Å²) >= 11 is 0. The first-order valence-corrected chi connectivity index (χ1v) is 21.8. The van der Waals surface area contributed by atoms with Crippen molar-refractivity contribution in [2.24, 2.45) is 5.92 Å². The van der Waals surface area contributed by atoms with Gasteiger partial charge in [0.2, 0.25) is 0 Å². The minimum absolute atomic E-state index is 0.0388. The lowest BCUT2D eigenvalue weighted by atomic mass is 9.88. The summed E-state index contributed by atoms with van der Waals surface area (Å²) in [6.07, 6.45) is -4.58. The van der Waals surface area contributed by atoms with Gasteiger partial charge < -0.3 is 53.5 Å². The van der Waals surface area contributed by atoms with Gasteiger partial charge in [0, 0.05) is 39.0 Å².